The number of nitrogens with zero attached hydrogens (tertiary/aromatic N) is 1. The van der Waals surface area contributed by atoms with Crippen LogP contribution < -0.4 is 25.5 Å². The molecule has 146 valence electrons. The van der Waals surface area contributed by atoms with Crippen molar-refractivity contribution in [1.29, 1.82) is 0 Å². The number of rotatable bonds is 7. The molecule has 0 aliphatic carbocycles. The van der Waals surface area contributed by atoms with Crippen molar-refractivity contribution < 1.29 is 28.6 Å². The Morgan fingerprint density at radius 1 is 1.15 bits per heavy atom. The fourth-order valence-electron chi connectivity index (χ4n) is 2.14. The minimum absolute atomic E-state index is 0.0555. The first-order valence-corrected chi connectivity index (χ1v) is 8.29. The molecule has 0 spiro atoms. The Hall–Kier alpha value is -3.14. The number of carbonyl (C=O) groups is 3. The number of anilines is 1. The molecule has 0 aromatic heterocycles. The van der Waals surface area contributed by atoms with Gasteiger partial charge in [0.15, 0.2) is 11.5 Å². The van der Waals surface area contributed by atoms with Crippen LogP contribution >= 0.6 is 0 Å². The summed E-state index contributed by atoms with van der Waals surface area (Å²) in [6, 6.07) is 5.09. The molecule has 3 N–H and O–H groups in total. The molecule has 1 aromatic carbocycles. The molecule has 0 radical (unpaired) electrons. The Labute approximate surface area is 156 Å². The number of methoxy groups -OCH3 is 1. The number of fused-ring (bicyclic) bond motifs is 1. The van der Waals surface area contributed by atoms with Gasteiger partial charge in [-0.15, -0.1) is 0 Å². The average molecular weight is 378 g/mol. The Balaban J connectivity index is 1.80. The highest BCUT2D eigenvalue weighted by Crippen LogP contribution is 2.32. The number of nitrogens with one attached hydrogen (secondary N) is 3. The van der Waals surface area contributed by atoms with Gasteiger partial charge in [0.05, 0.1) is 13.0 Å². The first kappa shape index (κ1) is 20.2. The zero-order valence-corrected chi connectivity index (χ0v) is 15.2. The van der Waals surface area contributed by atoms with Crippen LogP contribution in [0.1, 0.15) is 13.3 Å². The van der Waals surface area contributed by atoms with Crippen molar-refractivity contribution in [3.63, 3.8) is 0 Å². The van der Waals surface area contributed by atoms with E-state index in [4.69, 9.17) is 14.2 Å². The van der Waals surface area contributed by atoms with Crippen molar-refractivity contribution >= 4 is 29.1 Å². The number of amides is 3. The fraction of sp³-hybridized carbons (Fsp3) is 0.412. The van der Waals surface area contributed by atoms with Crippen molar-refractivity contribution in [1.82, 2.24) is 10.7 Å². The quantitative estimate of drug-likeness (QED) is 0.266. The first-order valence-electron chi connectivity index (χ1n) is 8.29. The largest absolute Gasteiger partial charge is 0.486 e. The maximum atomic E-state index is 12.1. The molecule has 1 heterocycles. The standard InChI is InChI=1S/C17H22N4O6/c1-11(20-21-17(24)16(23)18-5-6-25-2)9-15(22)19-12-3-4-13-14(10-12)27-8-7-26-13/h3-4,10H,5-9H2,1-2H3,(H,18,23)(H,19,22)(H,21,24)/b20-11-. The number of hydrogen-bond acceptors (Lipinski definition) is 7. The Morgan fingerprint density at radius 2 is 1.89 bits per heavy atom. The topological polar surface area (TPSA) is 127 Å². The summed E-state index contributed by atoms with van der Waals surface area (Å²) in [5.41, 5.74) is 2.99. The van der Waals surface area contributed by atoms with Gasteiger partial charge in [-0.2, -0.15) is 5.10 Å². The molecule has 27 heavy (non-hydrogen) atoms. The third-order valence-corrected chi connectivity index (χ3v) is 3.39. The second-order valence-electron chi connectivity index (χ2n) is 5.62. The van der Waals surface area contributed by atoms with Crippen molar-refractivity contribution in [2.75, 3.05) is 38.8 Å². The second kappa shape index (κ2) is 10.1. The molecule has 0 saturated heterocycles. The molecule has 2 rings (SSSR count). The lowest BCUT2D eigenvalue weighted by Crippen LogP contribution is -2.39. The molecule has 10 heteroatoms. The third-order valence-electron chi connectivity index (χ3n) is 3.39. The molecule has 1 aliphatic heterocycles. The van der Waals surface area contributed by atoms with Crippen LogP contribution in [0.25, 0.3) is 0 Å². The Morgan fingerprint density at radius 3 is 2.63 bits per heavy atom. The van der Waals surface area contributed by atoms with Gasteiger partial charge in [0.2, 0.25) is 5.91 Å². The molecule has 0 unspecified atom stereocenters. The van der Waals surface area contributed by atoms with Crippen LogP contribution in [-0.4, -0.2) is 56.9 Å². The lowest BCUT2D eigenvalue weighted by atomic mass is 10.2. The van der Waals surface area contributed by atoms with Crippen molar-refractivity contribution in [2.24, 2.45) is 5.10 Å². The average Bonchev–Trinajstić information content (AvgIpc) is 2.66. The monoisotopic (exact) mass is 378 g/mol. The number of hydrogen-bond donors (Lipinski definition) is 3. The predicted octanol–water partition coefficient (Wildman–Crippen LogP) is 0.0411. The summed E-state index contributed by atoms with van der Waals surface area (Å²) < 4.78 is 15.6. The van der Waals surface area contributed by atoms with Crippen LogP contribution in [0.5, 0.6) is 11.5 Å². The van der Waals surface area contributed by atoms with Crippen LogP contribution in [0.4, 0.5) is 5.69 Å². The summed E-state index contributed by atoms with van der Waals surface area (Å²) in [7, 11) is 1.48. The van der Waals surface area contributed by atoms with E-state index in [9.17, 15) is 14.4 Å². The van der Waals surface area contributed by atoms with Gasteiger partial charge in [0, 0.05) is 31.1 Å². The highest BCUT2D eigenvalue weighted by Gasteiger charge is 2.14. The van der Waals surface area contributed by atoms with E-state index in [1.165, 1.54) is 7.11 Å². The van der Waals surface area contributed by atoms with Crippen LogP contribution in [0.2, 0.25) is 0 Å². The molecular weight excluding hydrogens is 356 g/mol. The normalized spacial score (nSPS) is 12.9. The van der Waals surface area contributed by atoms with Gasteiger partial charge in [-0.25, -0.2) is 5.43 Å². The van der Waals surface area contributed by atoms with Gasteiger partial charge in [0.1, 0.15) is 13.2 Å². The highest BCUT2D eigenvalue weighted by molar-refractivity contribution is 6.35. The van der Waals surface area contributed by atoms with Gasteiger partial charge < -0.3 is 24.8 Å². The Bertz CT molecular complexity index is 734. The van der Waals surface area contributed by atoms with Crippen LogP contribution in [0.3, 0.4) is 0 Å². The van der Waals surface area contributed by atoms with Gasteiger partial charge in [-0.3, -0.25) is 14.4 Å². The molecule has 1 aliphatic rings. The molecule has 0 bridgehead atoms. The van der Waals surface area contributed by atoms with Crippen molar-refractivity contribution in [3.8, 4) is 11.5 Å². The van der Waals surface area contributed by atoms with Gasteiger partial charge >= 0.3 is 11.8 Å². The van der Waals surface area contributed by atoms with E-state index in [0.717, 1.165) is 0 Å². The molecule has 0 fully saturated rings. The van der Waals surface area contributed by atoms with Crippen molar-refractivity contribution in [2.45, 2.75) is 13.3 Å². The van der Waals surface area contributed by atoms with Gasteiger partial charge in [-0.05, 0) is 19.1 Å². The minimum Gasteiger partial charge on any atom is -0.486 e. The maximum absolute atomic E-state index is 12.1. The SMILES string of the molecule is COCCNC(=O)C(=O)N/N=C(/C)CC(=O)Nc1ccc2c(c1)OCCO2. The lowest BCUT2D eigenvalue weighted by molar-refractivity contribution is -0.139. The molecule has 10 nitrogen and oxygen atoms in total. The fourth-order valence-corrected chi connectivity index (χ4v) is 2.14. The predicted molar refractivity (Wildman–Crippen MR) is 96.8 cm³/mol. The highest BCUT2D eigenvalue weighted by atomic mass is 16.6. The number of ether oxygens (including phenoxy) is 3. The zero-order chi connectivity index (χ0) is 19.6. The number of benzene rings is 1. The van der Waals surface area contributed by atoms with Crippen LogP contribution in [0, 0.1) is 0 Å². The minimum atomic E-state index is -0.919. The van der Waals surface area contributed by atoms with Crippen LogP contribution in [-0.2, 0) is 19.1 Å². The summed E-state index contributed by atoms with van der Waals surface area (Å²) in [5, 5.41) is 8.81. The van der Waals surface area contributed by atoms with Gasteiger partial charge in [-0.1, -0.05) is 0 Å². The molecular formula is C17H22N4O6. The van der Waals surface area contributed by atoms with E-state index in [1.807, 2.05) is 0 Å². The molecule has 1 aromatic rings. The summed E-state index contributed by atoms with van der Waals surface area (Å²) in [6.07, 6.45) is -0.0555. The smallest absolute Gasteiger partial charge is 0.329 e. The number of carbonyl (C=O) groups excluding carboxylic acids is 3. The van der Waals surface area contributed by atoms with Crippen molar-refractivity contribution in [3.05, 3.63) is 18.2 Å². The second-order valence-corrected chi connectivity index (χ2v) is 5.62. The molecule has 0 atom stereocenters. The van der Waals surface area contributed by atoms with E-state index in [-0.39, 0.29) is 18.9 Å². The molecule has 3 amide bonds. The molecule has 0 saturated carbocycles. The van der Waals surface area contributed by atoms with E-state index >= 15 is 0 Å². The van der Waals surface area contributed by atoms with Gasteiger partial charge in [0.25, 0.3) is 0 Å². The summed E-state index contributed by atoms with van der Waals surface area (Å²) >= 11 is 0. The van der Waals surface area contributed by atoms with E-state index in [1.54, 1.807) is 25.1 Å². The summed E-state index contributed by atoms with van der Waals surface area (Å²) in [4.78, 5) is 35.1. The summed E-state index contributed by atoms with van der Waals surface area (Å²) in [6.45, 7) is 3.01. The summed E-state index contributed by atoms with van der Waals surface area (Å²) in [5.74, 6) is -0.881. The zero-order valence-electron chi connectivity index (χ0n) is 15.2. The lowest BCUT2D eigenvalue weighted by Gasteiger charge is -2.19. The third kappa shape index (κ3) is 6.59. The Kier molecular flexibility index (Phi) is 7.56. The van der Waals surface area contributed by atoms with E-state index in [2.05, 4.69) is 21.2 Å². The first-order chi connectivity index (χ1) is 13.0. The maximum Gasteiger partial charge on any atom is 0.329 e. The van der Waals surface area contributed by atoms with E-state index in [0.29, 0.717) is 42.7 Å². The van der Waals surface area contributed by atoms with E-state index < -0.39 is 11.8 Å². The number of hydrazone groups is 1. The van der Waals surface area contributed by atoms with Crippen LogP contribution in [0.15, 0.2) is 23.3 Å².